The molecule has 4 atom stereocenters. The zero-order valence-electron chi connectivity index (χ0n) is 15.6. The predicted octanol–water partition coefficient (Wildman–Crippen LogP) is 1.78. The van der Waals surface area contributed by atoms with Gasteiger partial charge in [-0.05, 0) is 32.9 Å². The molecule has 0 saturated carbocycles. The molecule has 0 spiro atoms. The Morgan fingerprint density at radius 3 is 2.46 bits per heavy atom. The molecule has 2 aliphatic heterocycles. The van der Waals surface area contributed by atoms with Crippen molar-refractivity contribution in [3.8, 4) is 0 Å². The monoisotopic (exact) mass is 385 g/mol. The summed E-state index contributed by atoms with van der Waals surface area (Å²) >= 11 is 0. The van der Waals surface area contributed by atoms with Gasteiger partial charge in [-0.15, -0.1) is 0 Å². The highest BCUT2D eigenvalue weighted by atomic mass is 32.2. The molecule has 1 N–H and O–H groups in total. The normalized spacial score (nSPS) is 33.3. The van der Waals surface area contributed by atoms with Gasteiger partial charge in [0.05, 0.1) is 12.4 Å². The first kappa shape index (κ1) is 19.7. The largest absolute Gasteiger partial charge is 0.368 e. The van der Waals surface area contributed by atoms with Crippen molar-refractivity contribution in [2.45, 2.75) is 63.7 Å². The molecule has 2 aliphatic rings. The number of rotatable bonds is 7. The van der Waals surface area contributed by atoms with Crippen LogP contribution in [0.1, 0.15) is 32.8 Å². The maximum absolute atomic E-state index is 12.3. The molecule has 1 aromatic carbocycles. The van der Waals surface area contributed by atoms with E-state index < -0.39 is 39.9 Å². The highest BCUT2D eigenvalue weighted by Crippen LogP contribution is 2.45. The minimum Gasteiger partial charge on any atom is -0.368 e. The van der Waals surface area contributed by atoms with E-state index in [4.69, 9.17) is 18.9 Å². The zero-order valence-corrected chi connectivity index (χ0v) is 16.4. The average molecular weight is 385 g/mol. The van der Waals surface area contributed by atoms with Crippen molar-refractivity contribution in [2.75, 3.05) is 12.8 Å². The molecule has 1 aromatic rings. The number of benzene rings is 1. The average Bonchev–Trinajstić information content (AvgIpc) is 3.02. The third-order valence-electron chi connectivity index (χ3n) is 4.87. The summed E-state index contributed by atoms with van der Waals surface area (Å²) in [6.07, 6.45) is -1.26. The second-order valence-electron chi connectivity index (χ2n) is 7.19. The van der Waals surface area contributed by atoms with Crippen LogP contribution in [0.4, 0.5) is 0 Å². The Balaban J connectivity index is 1.87. The van der Waals surface area contributed by atoms with Crippen LogP contribution >= 0.6 is 0 Å². The number of hydrogen-bond donors (Lipinski definition) is 1. The zero-order chi connectivity index (χ0) is 19.0. The van der Waals surface area contributed by atoms with Crippen LogP contribution < -0.4 is 4.72 Å². The Morgan fingerprint density at radius 1 is 1.15 bits per heavy atom. The van der Waals surface area contributed by atoms with Gasteiger partial charge >= 0.3 is 0 Å². The van der Waals surface area contributed by atoms with E-state index in [0.29, 0.717) is 13.0 Å². The van der Waals surface area contributed by atoms with E-state index in [1.165, 1.54) is 7.05 Å². The van der Waals surface area contributed by atoms with E-state index in [9.17, 15) is 8.42 Å². The van der Waals surface area contributed by atoms with Crippen LogP contribution in [0.2, 0.25) is 0 Å². The summed E-state index contributed by atoms with van der Waals surface area (Å²) in [5.41, 5.74) is -0.0433. The van der Waals surface area contributed by atoms with Crippen LogP contribution in [-0.4, -0.2) is 51.1 Å². The molecule has 26 heavy (non-hydrogen) atoms. The number of sulfonamides is 1. The van der Waals surface area contributed by atoms with Gasteiger partial charge in [-0.3, -0.25) is 0 Å². The van der Waals surface area contributed by atoms with Gasteiger partial charge in [0.15, 0.2) is 12.1 Å². The predicted molar refractivity (Wildman–Crippen MR) is 95.8 cm³/mol. The van der Waals surface area contributed by atoms with E-state index in [2.05, 4.69) is 4.72 Å². The van der Waals surface area contributed by atoms with Crippen molar-refractivity contribution in [1.29, 1.82) is 0 Å². The molecule has 2 heterocycles. The Morgan fingerprint density at radius 2 is 1.85 bits per heavy atom. The molecule has 0 aliphatic carbocycles. The van der Waals surface area contributed by atoms with E-state index in [1.54, 1.807) is 13.8 Å². The Hall–Kier alpha value is -1.03. The summed E-state index contributed by atoms with van der Waals surface area (Å²) in [6.45, 7) is 5.83. The SMILES string of the molecule is CC[C@]1(CS(=O)(=O)NC)O[C@@H]2OC(C)(C)O[C@H]2C1OCc1ccccc1. The Labute approximate surface area is 155 Å². The van der Waals surface area contributed by atoms with Crippen LogP contribution in [0.3, 0.4) is 0 Å². The molecule has 146 valence electrons. The fourth-order valence-corrected chi connectivity index (χ4v) is 4.78. The summed E-state index contributed by atoms with van der Waals surface area (Å²) in [4.78, 5) is 0. The van der Waals surface area contributed by atoms with Crippen LogP contribution in [0.5, 0.6) is 0 Å². The smallest absolute Gasteiger partial charge is 0.214 e. The van der Waals surface area contributed by atoms with Gasteiger partial charge in [0.25, 0.3) is 0 Å². The van der Waals surface area contributed by atoms with Gasteiger partial charge in [-0.1, -0.05) is 37.3 Å². The minimum atomic E-state index is -3.52. The Bertz CT molecular complexity index is 722. The molecule has 2 fully saturated rings. The molecule has 0 radical (unpaired) electrons. The number of hydrogen-bond acceptors (Lipinski definition) is 6. The maximum atomic E-state index is 12.3. The van der Waals surface area contributed by atoms with E-state index >= 15 is 0 Å². The highest BCUT2D eigenvalue weighted by molar-refractivity contribution is 7.89. The topological polar surface area (TPSA) is 83.1 Å². The van der Waals surface area contributed by atoms with Gasteiger partial charge in [0.2, 0.25) is 10.0 Å². The highest BCUT2D eigenvalue weighted by Gasteiger charge is 2.62. The van der Waals surface area contributed by atoms with Crippen molar-refractivity contribution in [3.05, 3.63) is 35.9 Å². The van der Waals surface area contributed by atoms with Gasteiger partial charge in [0.1, 0.15) is 17.8 Å². The summed E-state index contributed by atoms with van der Waals surface area (Å²) in [5.74, 6) is -1.02. The van der Waals surface area contributed by atoms with Crippen LogP contribution in [0, 0.1) is 0 Å². The summed E-state index contributed by atoms with van der Waals surface area (Å²) in [5, 5.41) is 0. The summed E-state index contributed by atoms with van der Waals surface area (Å²) in [7, 11) is -2.12. The van der Waals surface area contributed by atoms with Gasteiger partial charge in [0, 0.05) is 0 Å². The molecular formula is C18H27NO6S. The number of fused-ring (bicyclic) bond motifs is 1. The molecule has 3 rings (SSSR count). The number of nitrogens with one attached hydrogen (secondary N) is 1. The molecule has 8 heteroatoms. The van der Waals surface area contributed by atoms with Gasteiger partial charge in [-0.25, -0.2) is 13.1 Å². The molecular weight excluding hydrogens is 358 g/mol. The van der Waals surface area contributed by atoms with Gasteiger partial charge < -0.3 is 18.9 Å². The first-order chi connectivity index (χ1) is 12.2. The third-order valence-corrected chi connectivity index (χ3v) is 6.36. The van der Waals surface area contributed by atoms with Crippen molar-refractivity contribution >= 4 is 10.0 Å². The lowest BCUT2D eigenvalue weighted by molar-refractivity contribution is -0.240. The Kier molecular flexibility index (Phi) is 5.45. The lowest BCUT2D eigenvalue weighted by Crippen LogP contribution is -2.52. The van der Waals surface area contributed by atoms with E-state index in [1.807, 2.05) is 37.3 Å². The fraction of sp³-hybridized carbons (Fsp3) is 0.667. The third kappa shape index (κ3) is 3.95. The first-order valence-corrected chi connectivity index (χ1v) is 10.5. The lowest BCUT2D eigenvalue weighted by Gasteiger charge is -2.35. The van der Waals surface area contributed by atoms with Gasteiger partial charge in [-0.2, -0.15) is 0 Å². The summed E-state index contributed by atoms with van der Waals surface area (Å²) in [6, 6.07) is 9.72. The molecule has 0 aromatic heterocycles. The second kappa shape index (κ2) is 7.18. The summed E-state index contributed by atoms with van der Waals surface area (Å²) < 4.78 is 51.0. The molecule has 2 saturated heterocycles. The fourth-order valence-electron chi connectivity index (χ4n) is 3.55. The quantitative estimate of drug-likeness (QED) is 0.770. The van der Waals surface area contributed by atoms with Crippen LogP contribution in [0.15, 0.2) is 30.3 Å². The van der Waals surface area contributed by atoms with Crippen molar-refractivity contribution < 1.29 is 27.4 Å². The van der Waals surface area contributed by atoms with Crippen LogP contribution in [0.25, 0.3) is 0 Å². The van der Waals surface area contributed by atoms with Crippen molar-refractivity contribution in [1.82, 2.24) is 4.72 Å². The lowest BCUT2D eigenvalue weighted by atomic mass is 9.94. The standard InChI is InChI=1S/C18H27NO6S/c1-5-18(12-26(20,21)19-4)15(22-11-13-9-7-6-8-10-13)14-16(25-18)24-17(2,3)23-14/h6-10,14-16,19H,5,11-12H2,1-4H3/t14-,15?,16-,18+/m0/s1. The molecule has 1 unspecified atom stereocenters. The molecule has 7 nitrogen and oxygen atoms in total. The second-order valence-corrected chi connectivity index (χ2v) is 9.11. The van der Waals surface area contributed by atoms with E-state index in [0.717, 1.165) is 5.56 Å². The number of ether oxygens (including phenoxy) is 4. The van der Waals surface area contributed by atoms with Crippen LogP contribution in [-0.2, 0) is 35.6 Å². The minimum absolute atomic E-state index is 0.216. The first-order valence-electron chi connectivity index (χ1n) is 8.80. The van der Waals surface area contributed by atoms with Crippen molar-refractivity contribution in [3.63, 3.8) is 0 Å². The molecule has 0 amide bonds. The molecule has 0 bridgehead atoms. The maximum Gasteiger partial charge on any atom is 0.214 e. The van der Waals surface area contributed by atoms with E-state index in [-0.39, 0.29) is 5.75 Å². The van der Waals surface area contributed by atoms with Crippen molar-refractivity contribution in [2.24, 2.45) is 0 Å².